The quantitative estimate of drug-likeness (QED) is 0.693. The van der Waals surface area contributed by atoms with Crippen LogP contribution in [0.2, 0.25) is 0 Å². The molecule has 96 valence electrons. The van der Waals surface area contributed by atoms with Crippen molar-refractivity contribution in [1.82, 2.24) is 4.98 Å². The van der Waals surface area contributed by atoms with Gasteiger partial charge in [-0.25, -0.2) is 4.98 Å². The zero-order chi connectivity index (χ0) is 12.9. The van der Waals surface area contributed by atoms with E-state index in [4.69, 9.17) is 11.6 Å². The van der Waals surface area contributed by atoms with Crippen molar-refractivity contribution in [3.05, 3.63) is 21.2 Å². The second kappa shape index (κ2) is 6.95. The summed E-state index contributed by atoms with van der Waals surface area (Å²) in [6.07, 6.45) is 3.91. The van der Waals surface area contributed by atoms with Gasteiger partial charge in [-0.1, -0.05) is 13.8 Å². The maximum atomic E-state index is 6.08. The Morgan fingerprint density at radius 1 is 1.35 bits per heavy atom. The van der Waals surface area contributed by atoms with Gasteiger partial charge in [-0.2, -0.15) is 0 Å². The van der Waals surface area contributed by atoms with Crippen molar-refractivity contribution < 1.29 is 0 Å². The lowest BCUT2D eigenvalue weighted by atomic mass is 9.84. The van der Waals surface area contributed by atoms with Crippen LogP contribution in [0.25, 0.3) is 0 Å². The van der Waals surface area contributed by atoms with Crippen LogP contribution >= 0.6 is 43.5 Å². The number of anilines is 1. The monoisotopic (exact) mass is 382 g/mol. The number of nitrogens with zero attached hydrogens (tertiary/aromatic N) is 1. The third-order valence-corrected chi connectivity index (χ3v) is 4.83. The average molecular weight is 385 g/mol. The number of alkyl halides is 1. The largest absolute Gasteiger partial charge is 0.369 e. The Balaban J connectivity index is 2.72. The standard InChI is InChI=1S/C12H17Br2ClN2/c1-3-12(4-2,7-15)8-17-11-10(14)5-9(13)6-16-11/h5-6H,3-4,7-8H2,1-2H3,(H,16,17). The zero-order valence-electron chi connectivity index (χ0n) is 10.1. The Kier molecular flexibility index (Phi) is 6.24. The topological polar surface area (TPSA) is 24.9 Å². The van der Waals surface area contributed by atoms with Gasteiger partial charge in [0.25, 0.3) is 0 Å². The van der Waals surface area contributed by atoms with Gasteiger partial charge in [0.05, 0.1) is 4.47 Å². The first kappa shape index (κ1) is 15.3. The van der Waals surface area contributed by atoms with Crippen molar-refractivity contribution in [3.63, 3.8) is 0 Å². The smallest absolute Gasteiger partial charge is 0.140 e. The van der Waals surface area contributed by atoms with Crippen LogP contribution in [0, 0.1) is 5.41 Å². The van der Waals surface area contributed by atoms with Gasteiger partial charge in [-0.15, -0.1) is 11.6 Å². The number of nitrogens with one attached hydrogen (secondary N) is 1. The van der Waals surface area contributed by atoms with Crippen LogP contribution in [-0.2, 0) is 0 Å². The molecule has 1 aromatic heterocycles. The van der Waals surface area contributed by atoms with Gasteiger partial charge < -0.3 is 5.32 Å². The third-order valence-electron chi connectivity index (χ3n) is 3.22. The van der Waals surface area contributed by atoms with Crippen LogP contribution < -0.4 is 5.32 Å². The summed E-state index contributed by atoms with van der Waals surface area (Å²) in [6.45, 7) is 5.20. The minimum atomic E-state index is 0.149. The van der Waals surface area contributed by atoms with E-state index < -0.39 is 0 Å². The molecule has 0 aliphatic heterocycles. The Hall–Kier alpha value is 0.200. The van der Waals surface area contributed by atoms with Gasteiger partial charge in [-0.05, 0) is 50.8 Å². The van der Waals surface area contributed by atoms with Crippen LogP contribution in [0.4, 0.5) is 5.82 Å². The lowest BCUT2D eigenvalue weighted by molar-refractivity contribution is 0.326. The maximum Gasteiger partial charge on any atom is 0.140 e. The van der Waals surface area contributed by atoms with E-state index in [2.05, 4.69) is 56.0 Å². The molecular weight excluding hydrogens is 367 g/mol. The van der Waals surface area contributed by atoms with Gasteiger partial charge in [0.15, 0.2) is 0 Å². The predicted molar refractivity (Wildman–Crippen MR) is 81.9 cm³/mol. The summed E-state index contributed by atoms with van der Waals surface area (Å²) in [7, 11) is 0. The average Bonchev–Trinajstić information content (AvgIpc) is 2.33. The number of halogens is 3. The first-order valence-corrected chi connectivity index (χ1v) is 7.80. The maximum absolute atomic E-state index is 6.08. The van der Waals surface area contributed by atoms with Crippen LogP contribution in [0.3, 0.4) is 0 Å². The van der Waals surface area contributed by atoms with E-state index in [0.29, 0.717) is 5.88 Å². The molecule has 0 spiro atoms. The fourth-order valence-electron chi connectivity index (χ4n) is 1.55. The Labute approximate surface area is 125 Å². The second-order valence-electron chi connectivity index (χ2n) is 4.18. The lowest BCUT2D eigenvalue weighted by Crippen LogP contribution is -2.30. The number of aromatic nitrogens is 1. The fourth-order valence-corrected chi connectivity index (χ4v) is 3.15. The van der Waals surface area contributed by atoms with Gasteiger partial charge in [0.1, 0.15) is 5.82 Å². The molecule has 1 N–H and O–H groups in total. The Morgan fingerprint density at radius 2 is 2.00 bits per heavy atom. The van der Waals surface area contributed by atoms with E-state index in [1.54, 1.807) is 6.20 Å². The van der Waals surface area contributed by atoms with Crippen LogP contribution in [-0.4, -0.2) is 17.4 Å². The van der Waals surface area contributed by atoms with Crippen LogP contribution in [0.15, 0.2) is 21.2 Å². The summed E-state index contributed by atoms with van der Waals surface area (Å²) >= 11 is 13.0. The molecule has 0 radical (unpaired) electrons. The molecule has 0 atom stereocenters. The number of rotatable bonds is 6. The molecule has 0 aromatic carbocycles. The zero-order valence-corrected chi connectivity index (χ0v) is 14.0. The molecule has 0 saturated carbocycles. The van der Waals surface area contributed by atoms with E-state index in [9.17, 15) is 0 Å². The van der Waals surface area contributed by atoms with E-state index in [-0.39, 0.29) is 5.41 Å². The lowest BCUT2D eigenvalue weighted by Gasteiger charge is -2.29. The summed E-state index contributed by atoms with van der Waals surface area (Å²) in [5.41, 5.74) is 0.149. The molecule has 2 nitrogen and oxygen atoms in total. The highest BCUT2D eigenvalue weighted by atomic mass is 79.9. The molecule has 0 aliphatic carbocycles. The van der Waals surface area contributed by atoms with Crippen molar-refractivity contribution in [2.75, 3.05) is 17.7 Å². The van der Waals surface area contributed by atoms with E-state index in [0.717, 1.165) is 34.1 Å². The molecule has 17 heavy (non-hydrogen) atoms. The molecule has 1 rings (SSSR count). The highest BCUT2D eigenvalue weighted by Gasteiger charge is 2.25. The third kappa shape index (κ3) is 4.11. The summed E-state index contributed by atoms with van der Waals surface area (Å²) in [5.74, 6) is 1.53. The molecule has 0 bridgehead atoms. The Bertz CT molecular complexity index is 359. The van der Waals surface area contributed by atoms with E-state index in [1.165, 1.54) is 0 Å². The first-order valence-electron chi connectivity index (χ1n) is 5.68. The van der Waals surface area contributed by atoms with Gasteiger partial charge >= 0.3 is 0 Å². The second-order valence-corrected chi connectivity index (χ2v) is 6.22. The molecule has 0 amide bonds. The summed E-state index contributed by atoms with van der Waals surface area (Å²) < 4.78 is 1.92. The highest BCUT2D eigenvalue weighted by Crippen LogP contribution is 2.30. The minimum Gasteiger partial charge on any atom is -0.369 e. The molecule has 0 saturated heterocycles. The van der Waals surface area contributed by atoms with Crippen molar-refractivity contribution in [3.8, 4) is 0 Å². The van der Waals surface area contributed by atoms with Gasteiger partial charge in [0.2, 0.25) is 0 Å². The molecule has 1 aromatic rings. The fraction of sp³-hybridized carbons (Fsp3) is 0.583. The predicted octanol–water partition coefficient (Wildman–Crippen LogP) is 5.06. The minimum absolute atomic E-state index is 0.149. The SMILES string of the molecule is CCC(CC)(CCl)CNc1ncc(Br)cc1Br. The summed E-state index contributed by atoms with van der Waals surface area (Å²) in [5, 5.41) is 3.37. The first-order chi connectivity index (χ1) is 8.06. The van der Waals surface area contributed by atoms with Gasteiger partial charge in [-0.3, -0.25) is 0 Å². The molecule has 0 aliphatic rings. The molecule has 0 unspecified atom stereocenters. The van der Waals surface area contributed by atoms with Crippen molar-refractivity contribution in [1.29, 1.82) is 0 Å². The normalized spacial score (nSPS) is 11.6. The molecule has 0 fully saturated rings. The van der Waals surface area contributed by atoms with E-state index in [1.807, 2.05) is 6.07 Å². The van der Waals surface area contributed by atoms with Gasteiger partial charge in [0, 0.05) is 28.5 Å². The Morgan fingerprint density at radius 3 is 2.47 bits per heavy atom. The highest BCUT2D eigenvalue weighted by molar-refractivity contribution is 9.11. The van der Waals surface area contributed by atoms with Crippen molar-refractivity contribution in [2.45, 2.75) is 26.7 Å². The van der Waals surface area contributed by atoms with Crippen molar-refractivity contribution in [2.24, 2.45) is 5.41 Å². The summed E-state index contributed by atoms with van der Waals surface area (Å²) in [6, 6.07) is 1.98. The van der Waals surface area contributed by atoms with E-state index >= 15 is 0 Å². The number of hydrogen-bond acceptors (Lipinski definition) is 2. The molecular formula is C12H17Br2ClN2. The summed E-state index contributed by atoms with van der Waals surface area (Å²) in [4.78, 5) is 4.34. The molecule has 1 heterocycles. The number of hydrogen-bond donors (Lipinski definition) is 1. The van der Waals surface area contributed by atoms with Crippen LogP contribution in [0.1, 0.15) is 26.7 Å². The number of pyridine rings is 1. The van der Waals surface area contributed by atoms with Crippen molar-refractivity contribution >= 4 is 49.3 Å². The molecule has 5 heteroatoms. The van der Waals surface area contributed by atoms with Crippen LogP contribution in [0.5, 0.6) is 0 Å².